The van der Waals surface area contributed by atoms with Gasteiger partial charge in [-0.25, -0.2) is 4.98 Å². The van der Waals surface area contributed by atoms with Crippen LogP contribution in [0.2, 0.25) is 0 Å². The van der Waals surface area contributed by atoms with Crippen LogP contribution in [-0.2, 0) is 6.42 Å². The molecule has 1 aliphatic rings. The molecule has 1 amide bonds. The Morgan fingerprint density at radius 3 is 2.88 bits per heavy atom. The number of carbonyl (C=O) groups excluding carboxylic acids is 1. The third kappa shape index (κ3) is 4.10. The molecule has 25 heavy (non-hydrogen) atoms. The summed E-state index contributed by atoms with van der Waals surface area (Å²) in [5.74, 6) is 1.39. The molecule has 1 fully saturated rings. The molecule has 2 heterocycles. The maximum atomic E-state index is 12.2. The van der Waals surface area contributed by atoms with E-state index in [0.717, 1.165) is 19.6 Å². The van der Waals surface area contributed by atoms with Crippen molar-refractivity contribution >= 4 is 5.91 Å². The van der Waals surface area contributed by atoms with Crippen LogP contribution in [0.5, 0.6) is 0 Å². The Morgan fingerprint density at radius 2 is 2.16 bits per heavy atom. The molecule has 5 heteroatoms. The number of rotatable bonds is 6. The molecular formula is C20H27N3O2. The van der Waals surface area contributed by atoms with Crippen LogP contribution < -0.4 is 5.32 Å². The van der Waals surface area contributed by atoms with Crippen molar-refractivity contribution in [1.82, 2.24) is 15.2 Å². The second-order valence-corrected chi connectivity index (χ2v) is 6.77. The molecule has 134 valence electrons. The van der Waals surface area contributed by atoms with Crippen molar-refractivity contribution < 1.29 is 9.21 Å². The standard InChI is InChI=1S/C20H27N3O2/c1-4-18-22-15(3)19(25-18)20(24)21-10-12-23-11-9-16(13-23)17-8-6-5-7-14(17)2/h5-8,16H,4,9-13H2,1-3H3,(H,21,24)/t16-/m1/s1. The lowest BCUT2D eigenvalue weighted by atomic mass is 9.94. The number of likely N-dealkylation sites (tertiary alicyclic amines) is 1. The van der Waals surface area contributed by atoms with E-state index in [1.807, 2.05) is 13.8 Å². The van der Waals surface area contributed by atoms with Crippen LogP contribution >= 0.6 is 0 Å². The Labute approximate surface area is 149 Å². The van der Waals surface area contributed by atoms with Crippen LogP contribution in [0.1, 0.15) is 52.5 Å². The van der Waals surface area contributed by atoms with Gasteiger partial charge in [0.1, 0.15) is 0 Å². The largest absolute Gasteiger partial charge is 0.435 e. The van der Waals surface area contributed by atoms with Crippen LogP contribution in [0.25, 0.3) is 0 Å². The van der Waals surface area contributed by atoms with Crippen molar-refractivity contribution in [2.75, 3.05) is 26.2 Å². The zero-order valence-corrected chi connectivity index (χ0v) is 15.3. The zero-order valence-electron chi connectivity index (χ0n) is 15.3. The van der Waals surface area contributed by atoms with E-state index in [0.29, 0.717) is 36.2 Å². The summed E-state index contributed by atoms with van der Waals surface area (Å²) in [7, 11) is 0. The van der Waals surface area contributed by atoms with E-state index < -0.39 is 0 Å². The Bertz CT molecular complexity index is 738. The number of amides is 1. The minimum Gasteiger partial charge on any atom is -0.435 e. The Balaban J connectivity index is 1.47. The molecular weight excluding hydrogens is 314 g/mol. The number of hydrogen-bond donors (Lipinski definition) is 1. The van der Waals surface area contributed by atoms with Gasteiger partial charge in [-0.3, -0.25) is 4.79 Å². The van der Waals surface area contributed by atoms with E-state index in [1.54, 1.807) is 0 Å². The van der Waals surface area contributed by atoms with Crippen molar-refractivity contribution in [2.24, 2.45) is 0 Å². The zero-order chi connectivity index (χ0) is 17.8. The van der Waals surface area contributed by atoms with Gasteiger partial charge >= 0.3 is 0 Å². The van der Waals surface area contributed by atoms with Gasteiger partial charge in [-0.05, 0) is 43.9 Å². The minimum atomic E-state index is -0.167. The Hall–Kier alpha value is -2.14. The molecule has 5 nitrogen and oxygen atoms in total. The minimum absolute atomic E-state index is 0.167. The molecule has 1 aromatic heterocycles. The maximum absolute atomic E-state index is 12.2. The number of nitrogens with zero attached hydrogens (tertiary/aromatic N) is 2. The second-order valence-electron chi connectivity index (χ2n) is 6.77. The lowest BCUT2D eigenvalue weighted by Crippen LogP contribution is -2.34. The van der Waals surface area contributed by atoms with Crippen LogP contribution in [0.4, 0.5) is 0 Å². The molecule has 0 saturated carbocycles. The molecule has 1 N–H and O–H groups in total. The van der Waals surface area contributed by atoms with E-state index in [-0.39, 0.29) is 5.91 Å². The molecule has 0 radical (unpaired) electrons. The van der Waals surface area contributed by atoms with Gasteiger partial charge in [0.05, 0.1) is 5.69 Å². The number of benzene rings is 1. The molecule has 1 aromatic carbocycles. The molecule has 2 aromatic rings. The quantitative estimate of drug-likeness (QED) is 0.877. The smallest absolute Gasteiger partial charge is 0.289 e. The van der Waals surface area contributed by atoms with Crippen LogP contribution in [0.3, 0.4) is 0 Å². The van der Waals surface area contributed by atoms with Crippen molar-refractivity contribution in [3.8, 4) is 0 Å². The molecule has 0 bridgehead atoms. The van der Waals surface area contributed by atoms with Crippen molar-refractivity contribution in [3.63, 3.8) is 0 Å². The third-order valence-electron chi connectivity index (χ3n) is 4.96. The summed E-state index contributed by atoms with van der Waals surface area (Å²) in [6.07, 6.45) is 1.88. The van der Waals surface area contributed by atoms with E-state index in [4.69, 9.17) is 4.42 Å². The number of oxazole rings is 1. The van der Waals surface area contributed by atoms with Crippen molar-refractivity contribution in [2.45, 2.75) is 39.5 Å². The summed E-state index contributed by atoms with van der Waals surface area (Å²) in [6.45, 7) is 9.58. The highest BCUT2D eigenvalue weighted by Crippen LogP contribution is 2.28. The molecule has 0 spiro atoms. The molecule has 1 saturated heterocycles. The summed E-state index contributed by atoms with van der Waals surface area (Å²) in [5, 5.41) is 2.96. The molecule has 1 atom stereocenters. The van der Waals surface area contributed by atoms with Crippen molar-refractivity contribution in [1.29, 1.82) is 0 Å². The van der Waals surface area contributed by atoms with Crippen LogP contribution in [0, 0.1) is 13.8 Å². The fourth-order valence-corrected chi connectivity index (χ4v) is 3.56. The lowest BCUT2D eigenvalue weighted by molar-refractivity contribution is 0.0919. The second kappa shape index (κ2) is 7.83. The maximum Gasteiger partial charge on any atom is 0.289 e. The van der Waals surface area contributed by atoms with E-state index in [9.17, 15) is 4.79 Å². The van der Waals surface area contributed by atoms with Crippen LogP contribution in [0.15, 0.2) is 28.7 Å². The van der Waals surface area contributed by atoms with E-state index >= 15 is 0 Å². The molecule has 1 aliphatic heterocycles. The lowest BCUT2D eigenvalue weighted by Gasteiger charge is -2.17. The fourth-order valence-electron chi connectivity index (χ4n) is 3.56. The summed E-state index contributed by atoms with van der Waals surface area (Å²) in [6, 6.07) is 8.64. The molecule has 0 aliphatic carbocycles. The van der Waals surface area contributed by atoms with Gasteiger partial charge in [0.15, 0.2) is 5.89 Å². The van der Waals surface area contributed by atoms with Gasteiger partial charge in [-0.1, -0.05) is 31.2 Å². The summed E-state index contributed by atoms with van der Waals surface area (Å²) in [4.78, 5) is 18.9. The number of carbonyl (C=O) groups is 1. The fraction of sp³-hybridized carbons (Fsp3) is 0.500. The van der Waals surface area contributed by atoms with Gasteiger partial charge in [-0.2, -0.15) is 0 Å². The van der Waals surface area contributed by atoms with Gasteiger partial charge in [0.25, 0.3) is 5.91 Å². The van der Waals surface area contributed by atoms with Gasteiger partial charge < -0.3 is 14.6 Å². The predicted molar refractivity (Wildman–Crippen MR) is 97.9 cm³/mol. The Kier molecular flexibility index (Phi) is 5.53. The normalized spacial score (nSPS) is 17.8. The number of hydrogen-bond acceptors (Lipinski definition) is 4. The van der Waals surface area contributed by atoms with E-state index in [1.165, 1.54) is 17.5 Å². The van der Waals surface area contributed by atoms with E-state index in [2.05, 4.69) is 46.4 Å². The average Bonchev–Trinajstić information content (AvgIpc) is 3.22. The molecule has 0 unspecified atom stereocenters. The third-order valence-corrected chi connectivity index (χ3v) is 4.96. The van der Waals surface area contributed by atoms with Gasteiger partial charge in [-0.15, -0.1) is 0 Å². The first kappa shape index (κ1) is 17.7. The topological polar surface area (TPSA) is 58.4 Å². The first-order chi connectivity index (χ1) is 12.1. The summed E-state index contributed by atoms with van der Waals surface area (Å²) >= 11 is 0. The monoisotopic (exact) mass is 341 g/mol. The first-order valence-electron chi connectivity index (χ1n) is 9.11. The van der Waals surface area contributed by atoms with Gasteiger partial charge in [0, 0.05) is 26.1 Å². The SMILES string of the molecule is CCc1nc(C)c(C(=O)NCCN2CC[C@@H](c3ccccc3C)C2)o1. The van der Waals surface area contributed by atoms with Crippen molar-refractivity contribution in [3.05, 3.63) is 52.7 Å². The van der Waals surface area contributed by atoms with Gasteiger partial charge in [0.2, 0.25) is 5.76 Å². The highest BCUT2D eigenvalue weighted by Gasteiger charge is 2.24. The highest BCUT2D eigenvalue weighted by atomic mass is 16.4. The Morgan fingerprint density at radius 1 is 1.36 bits per heavy atom. The molecule has 3 rings (SSSR count). The number of aryl methyl sites for hydroxylation is 3. The summed E-state index contributed by atoms with van der Waals surface area (Å²) in [5.41, 5.74) is 3.49. The highest BCUT2D eigenvalue weighted by molar-refractivity contribution is 5.92. The average molecular weight is 341 g/mol. The predicted octanol–water partition coefficient (Wildman–Crippen LogP) is 3.07. The van der Waals surface area contributed by atoms with Crippen LogP contribution in [-0.4, -0.2) is 42.0 Å². The number of aromatic nitrogens is 1. The summed E-state index contributed by atoms with van der Waals surface area (Å²) < 4.78 is 5.50. The number of nitrogens with one attached hydrogen (secondary N) is 1. The first-order valence-corrected chi connectivity index (χ1v) is 9.11.